The second-order valence-electron chi connectivity index (χ2n) is 6.17. The van der Waals surface area contributed by atoms with Crippen molar-refractivity contribution in [3.63, 3.8) is 0 Å². The number of benzene rings is 1. The van der Waals surface area contributed by atoms with Gasteiger partial charge >= 0.3 is 0 Å². The van der Waals surface area contributed by atoms with E-state index in [0.29, 0.717) is 5.56 Å². The Bertz CT molecular complexity index is 1320. The molecule has 3 rings (SSSR count). The molecule has 32 heavy (non-hydrogen) atoms. The van der Waals surface area contributed by atoms with Crippen molar-refractivity contribution in [3.8, 4) is 18.0 Å². The molecule has 0 unspecified atom stereocenters. The van der Waals surface area contributed by atoms with Crippen LogP contribution in [0.2, 0.25) is 10.2 Å². The van der Waals surface area contributed by atoms with Gasteiger partial charge < -0.3 is 10.6 Å². The topological polar surface area (TPSA) is 136 Å². The zero-order chi connectivity index (χ0) is 23.3. The predicted octanol–water partition coefficient (Wildman–Crippen LogP) is 3.59. The van der Waals surface area contributed by atoms with Crippen molar-refractivity contribution < 1.29 is 9.59 Å². The summed E-state index contributed by atoms with van der Waals surface area (Å²) in [6.07, 6.45) is 2.87. The molecular formula is C21H13Cl2N7O2. The number of carbonyl (C=O) groups excluding carboxylic acids is 2. The van der Waals surface area contributed by atoms with Crippen LogP contribution in [-0.4, -0.2) is 33.1 Å². The van der Waals surface area contributed by atoms with Crippen LogP contribution >= 0.6 is 23.2 Å². The number of pyridine rings is 1. The summed E-state index contributed by atoms with van der Waals surface area (Å²) in [7, 11) is 0. The number of anilines is 1. The fraction of sp³-hybridized carbons (Fsp3) is 0.0476. The Hall–Kier alpha value is -4.18. The second-order valence-corrected chi connectivity index (χ2v) is 6.97. The van der Waals surface area contributed by atoms with Gasteiger partial charge in [-0.3, -0.25) is 9.59 Å². The molecule has 9 nitrogen and oxygen atoms in total. The Morgan fingerprint density at radius 3 is 2.66 bits per heavy atom. The Balaban J connectivity index is 2.08. The lowest BCUT2D eigenvalue weighted by Gasteiger charge is -2.15. The van der Waals surface area contributed by atoms with Gasteiger partial charge in [0.05, 0.1) is 34.0 Å². The number of amides is 2. The van der Waals surface area contributed by atoms with Gasteiger partial charge in [-0.25, -0.2) is 9.67 Å². The molecule has 0 aliphatic carbocycles. The van der Waals surface area contributed by atoms with Crippen molar-refractivity contribution in [2.24, 2.45) is 0 Å². The number of hydrogen-bond acceptors (Lipinski definition) is 6. The van der Waals surface area contributed by atoms with Crippen LogP contribution in [0.15, 0.2) is 43.1 Å². The first-order valence-corrected chi connectivity index (χ1v) is 9.68. The Morgan fingerprint density at radius 2 is 2.00 bits per heavy atom. The lowest BCUT2D eigenvalue weighted by Crippen LogP contribution is -2.26. The number of halogens is 2. The number of nitrogens with one attached hydrogen (secondary N) is 2. The summed E-state index contributed by atoms with van der Waals surface area (Å²) in [5, 5.41) is 27.4. The van der Waals surface area contributed by atoms with E-state index in [2.05, 4.69) is 27.3 Å². The maximum atomic E-state index is 13.2. The molecule has 1 aromatic carbocycles. The molecule has 2 amide bonds. The highest BCUT2D eigenvalue weighted by Gasteiger charge is 2.23. The van der Waals surface area contributed by atoms with Crippen LogP contribution in [0.1, 0.15) is 32.0 Å². The molecule has 0 saturated carbocycles. The van der Waals surface area contributed by atoms with Gasteiger partial charge in [-0.15, -0.1) is 0 Å². The Morgan fingerprint density at radius 1 is 1.22 bits per heavy atom. The maximum absolute atomic E-state index is 13.2. The lowest BCUT2D eigenvalue weighted by atomic mass is 10.0. The summed E-state index contributed by atoms with van der Waals surface area (Å²) in [5.74, 6) is -1.14. The van der Waals surface area contributed by atoms with Crippen molar-refractivity contribution in [3.05, 3.63) is 75.7 Å². The average molecular weight is 466 g/mol. The van der Waals surface area contributed by atoms with Gasteiger partial charge in [0, 0.05) is 12.3 Å². The maximum Gasteiger partial charge on any atom is 0.274 e. The van der Waals surface area contributed by atoms with E-state index in [1.54, 1.807) is 18.2 Å². The fourth-order valence-corrected chi connectivity index (χ4v) is 3.19. The van der Waals surface area contributed by atoms with Crippen molar-refractivity contribution in [2.75, 3.05) is 11.9 Å². The molecule has 0 bridgehead atoms. The zero-order valence-electron chi connectivity index (χ0n) is 16.3. The molecule has 0 aliphatic rings. The quantitative estimate of drug-likeness (QED) is 0.533. The highest BCUT2D eigenvalue weighted by atomic mass is 35.5. The molecule has 11 heteroatoms. The van der Waals surface area contributed by atoms with Crippen molar-refractivity contribution in [2.45, 2.75) is 0 Å². The predicted molar refractivity (Wildman–Crippen MR) is 119 cm³/mol. The van der Waals surface area contributed by atoms with E-state index < -0.39 is 11.8 Å². The first kappa shape index (κ1) is 22.5. The van der Waals surface area contributed by atoms with Crippen LogP contribution in [-0.2, 0) is 0 Å². The minimum Gasteiger partial charge on any atom is -0.339 e. The summed E-state index contributed by atoms with van der Waals surface area (Å²) >= 11 is 12.2. The van der Waals surface area contributed by atoms with E-state index in [4.69, 9.17) is 28.5 Å². The van der Waals surface area contributed by atoms with E-state index >= 15 is 0 Å². The monoisotopic (exact) mass is 465 g/mol. The van der Waals surface area contributed by atoms with Crippen LogP contribution in [0.4, 0.5) is 5.69 Å². The van der Waals surface area contributed by atoms with E-state index in [-0.39, 0.29) is 45.0 Å². The largest absolute Gasteiger partial charge is 0.339 e. The summed E-state index contributed by atoms with van der Waals surface area (Å²) in [6, 6.07) is 11.0. The number of nitrogens with zero attached hydrogens (tertiary/aromatic N) is 5. The molecule has 2 aromatic heterocycles. The summed E-state index contributed by atoms with van der Waals surface area (Å²) in [5.41, 5.74) is 0.574. The number of rotatable bonds is 6. The number of nitriles is 2. The van der Waals surface area contributed by atoms with Crippen LogP contribution in [0.3, 0.4) is 0 Å². The fourth-order valence-electron chi connectivity index (χ4n) is 2.81. The first-order valence-electron chi connectivity index (χ1n) is 8.93. The van der Waals surface area contributed by atoms with Crippen LogP contribution < -0.4 is 10.6 Å². The molecule has 2 heterocycles. The van der Waals surface area contributed by atoms with Gasteiger partial charge in [-0.1, -0.05) is 35.9 Å². The third kappa shape index (κ3) is 4.60. The molecule has 0 aliphatic heterocycles. The minimum atomic E-state index is -0.673. The molecule has 0 radical (unpaired) electrons. The van der Waals surface area contributed by atoms with E-state index in [1.807, 2.05) is 6.07 Å². The summed E-state index contributed by atoms with van der Waals surface area (Å²) in [6.45, 7) is 3.42. The molecule has 0 saturated heterocycles. The van der Waals surface area contributed by atoms with Gasteiger partial charge in [0.2, 0.25) is 0 Å². The molecule has 0 atom stereocenters. The smallest absolute Gasteiger partial charge is 0.274 e. The van der Waals surface area contributed by atoms with Gasteiger partial charge in [-0.05, 0) is 29.8 Å². The van der Waals surface area contributed by atoms with Gasteiger partial charge in [0.25, 0.3) is 11.8 Å². The number of carbonyl (C=O) groups is 2. The van der Waals surface area contributed by atoms with Crippen molar-refractivity contribution in [1.82, 2.24) is 20.1 Å². The average Bonchev–Trinajstić information content (AvgIpc) is 3.19. The van der Waals surface area contributed by atoms with Crippen LogP contribution in [0, 0.1) is 22.7 Å². The minimum absolute atomic E-state index is 0.00152. The van der Waals surface area contributed by atoms with E-state index in [1.165, 1.54) is 35.2 Å². The first-order chi connectivity index (χ1) is 15.4. The van der Waals surface area contributed by atoms with E-state index in [9.17, 15) is 14.9 Å². The summed E-state index contributed by atoms with van der Waals surface area (Å²) in [4.78, 5) is 29.9. The third-order valence-electron chi connectivity index (χ3n) is 4.18. The van der Waals surface area contributed by atoms with Crippen molar-refractivity contribution in [1.29, 1.82) is 10.5 Å². The molecule has 0 spiro atoms. The molecule has 0 fully saturated rings. The van der Waals surface area contributed by atoms with Crippen LogP contribution in [0.25, 0.3) is 11.9 Å². The Kier molecular flexibility index (Phi) is 6.86. The van der Waals surface area contributed by atoms with Crippen LogP contribution in [0.5, 0.6) is 0 Å². The normalized spacial score (nSPS) is 10.0. The van der Waals surface area contributed by atoms with E-state index in [0.717, 1.165) is 0 Å². The van der Waals surface area contributed by atoms with Crippen molar-refractivity contribution >= 4 is 46.8 Å². The van der Waals surface area contributed by atoms with Gasteiger partial charge in [0.15, 0.2) is 11.0 Å². The second kappa shape index (κ2) is 9.75. The Labute approximate surface area is 192 Å². The lowest BCUT2D eigenvalue weighted by molar-refractivity contribution is 0.0959. The number of aromatic nitrogens is 3. The highest BCUT2D eigenvalue weighted by Crippen LogP contribution is 2.27. The highest BCUT2D eigenvalue weighted by molar-refractivity contribution is 6.32. The SMILES string of the molecule is C=Cc1cc(C#N)cc(C(=O)NCC#N)c1NC(=O)c1cc(Cl)nn1-c1ncccc1Cl. The summed E-state index contributed by atoms with van der Waals surface area (Å²) < 4.78 is 1.17. The van der Waals surface area contributed by atoms with Gasteiger partial charge in [0.1, 0.15) is 12.2 Å². The van der Waals surface area contributed by atoms with Gasteiger partial charge in [-0.2, -0.15) is 15.6 Å². The standard InChI is InChI=1S/C21H13Cl2N7O2/c1-2-13-8-12(11-25)9-14(20(31)27-7-5-24)18(13)28-21(32)16-10-17(23)29-30(16)19-15(22)4-3-6-26-19/h2-4,6,8-10H,1,7H2,(H,27,31)(H,28,32). The number of hydrogen-bond donors (Lipinski definition) is 2. The molecule has 2 N–H and O–H groups in total. The molecule has 3 aromatic rings. The zero-order valence-corrected chi connectivity index (χ0v) is 17.8. The third-order valence-corrected chi connectivity index (χ3v) is 4.66. The molecular weight excluding hydrogens is 453 g/mol. The molecule has 158 valence electrons.